The standard InChI is InChI=1S/C13H26N2O4/c1-15-13(12(14)16)5-4-11(10-13)19-7-3-6-18-9-8-17-2/h11,15H,3-10H2,1-2H3,(H2,14,16). The number of carbonyl (C=O) groups is 1. The van der Waals surface area contributed by atoms with Crippen LogP contribution in [0.25, 0.3) is 0 Å². The van der Waals surface area contributed by atoms with Crippen LogP contribution >= 0.6 is 0 Å². The SMILES string of the molecule is CNC1(C(N)=O)CCC(OCCCOCCOC)C1. The van der Waals surface area contributed by atoms with Crippen molar-refractivity contribution in [1.29, 1.82) is 0 Å². The van der Waals surface area contributed by atoms with Gasteiger partial charge in [-0.05, 0) is 26.3 Å². The van der Waals surface area contributed by atoms with E-state index in [1.807, 2.05) is 0 Å². The van der Waals surface area contributed by atoms with Gasteiger partial charge in [-0.15, -0.1) is 0 Å². The zero-order valence-electron chi connectivity index (χ0n) is 11.9. The molecule has 6 nitrogen and oxygen atoms in total. The lowest BCUT2D eigenvalue weighted by Gasteiger charge is -2.24. The minimum absolute atomic E-state index is 0.110. The Kier molecular flexibility index (Phi) is 7.30. The Hall–Kier alpha value is -0.690. The van der Waals surface area contributed by atoms with Crippen molar-refractivity contribution in [3.63, 3.8) is 0 Å². The van der Waals surface area contributed by atoms with Crippen LogP contribution in [0.2, 0.25) is 0 Å². The Labute approximate surface area is 115 Å². The number of methoxy groups -OCH3 is 1. The molecular formula is C13H26N2O4. The molecule has 0 radical (unpaired) electrons. The first kappa shape index (κ1) is 16.4. The molecule has 3 N–H and O–H groups in total. The average Bonchev–Trinajstić information content (AvgIpc) is 2.83. The molecule has 1 aliphatic carbocycles. The number of hydrogen-bond donors (Lipinski definition) is 2. The fourth-order valence-corrected chi connectivity index (χ4v) is 2.37. The molecule has 1 fully saturated rings. The molecule has 0 aromatic carbocycles. The largest absolute Gasteiger partial charge is 0.382 e. The summed E-state index contributed by atoms with van der Waals surface area (Å²) in [6.45, 7) is 2.55. The topological polar surface area (TPSA) is 82.8 Å². The maximum Gasteiger partial charge on any atom is 0.237 e. The first-order valence-corrected chi connectivity index (χ1v) is 6.82. The molecule has 2 unspecified atom stereocenters. The van der Waals surface area contributed by atoms with E-state index in [9.17, 15) is 4.79 Å². The third-order valence-corrected chi connectivity index (χ3v) is 3.64. The lowest BCUT2D eigenvalue weighted by atomic mass is 9.97. The van der Waals surface area contributed by atoms with Gasteiger partial charge in [0.15, 0.2) is 0 Å². The number of hydrogen-bond acceptors (Lipinski definition) is 5. The van der Waals surface area contributed by atoms with E-state index in [2.05, 4.69) is 5.32 Å². The summed E-state index contributed by atoms with van der Waals surface area (Å²) in [4.78, 5) is 11.4. The molecule has 0 saturated heterocycles. The van der Waals surface area contributed by atoms with E-state index in [1.165, 1.54) is 0 Å². The third-order valence-electron chi connectivity index (χ3n) is 3.64. The summed E-state index contributed by atoms with van der Waals surface area (Å²) in [6.07, 6.45) is 3.23. The van der Waals surface area contributed by atoms with Crippen molar-refractivity contribution in [2.24, 2.45) is 5.73 Å². The van der Waals surface area contributed by atoms with Crippen molar-refractivity contribution < 1.29 is 19.0 Å². The molecule has 1 saturated carbocycles. The highest BCUT2D eigenvalue weighted by Gasteiger charge is 2.43. The van der Waals surface area contributed by atoms with Crippen molar-refractivity contribution >= 4 is 5.91 Å². The molecule has 0 bridgehead atoms. The highest BCUT2D eigenvalue weighted by molar-refractivity contribution is 5.85. The smallest absolute Gasteiger partial charge is 0.237 e. The first-order valence-electron chi connectivity index (χ1n) is 6.82. The van der Waals surface area contributed by atoms with Gasteiger partial charge in [-0.1, -0.05) is 0 Å². The van der Waals surface area contributed by atoms with Gasteiger partial charge in [0.05, 0.1) is 24.9 Å². The monoisotopic (exact) mass is 274 g/mol. The minimum Gasteiger partial charge on any atom is -0.382 e. The summed E-state index contributed by atoms with van der Waals surface area (Å²) in [7, 11) is 3.43. The molecule has 0 aromatic rings. The minimum atomic E-state index is -0.584. The van der Waals surface area contributed by atoms with Gasteiger partial charge in [0.2, 0.25) is 5.91 Å². The Morgan fingerprint density at radius 2 is 2.16 bits per heavy atom. The van der Waals surface area contributed by atoms with Crippen LogP contribution < -0.4 is 11.1 Å². The van der Waals surface area contributed by atoms with E-state index in [1.54, 1.807) is 14.2 Å². The van der Waals surface area contributed by atoms with E-state index in [-0.39, 0.29) is 12.0 Å². The van der Waals surface area contributed by atoms with Crippen molar-refractivity contribution in [1.82, 2.24) is 5.32 Å². The highest BCUT2D eigenvalue weighted by Crippen LogP contribution is 2.31. The third kappa shape index (κ3) is 5.06. The second-order valence-corrected chi connectivity index (χ2v) is 4.89. The summed E-state index contributed by atoms with van der Waals surface area (Å²) in [5.41, 5.74) is 4.86. The van der Waals surface area contributed by atoms with Crippen LogP contribution in [0.15, 0.2) is 0 Å². The number of amides is 1. The maximum atomic E-state index is 11.4. The van der Waals surface area contributed by atoms with Gasteiger partial charge in [-0.3, -0.25) is 4.79 Å². The molecule has 0 spiro atoms. The number of primary amides is 1. The van der Waals surface area contributed by atoms with Crippen molar-refractivity contribution in [2.75, 3.05) is 40.6 Å². The predicted molar refractivity (Wildman–Crippen MR) is 71.9 cm³/mol. The van der Waals surface area contributed by atoms with Gasteiger partial charge in [-0.25, -0.2) is 0 Å². The van der Waals surface area contributed by atoms with E-state index in [0.29, 0.717) is 32.8 Å². The quantitative estimate of drug-likeness (QED) is 0.550. The van der Waals surface area contributed by atoms with Gasteiger partial charge >= 0.3 is 0 Å². The van der Waals surface area contributed by atoms with Crippen LogP contribution in [-0.2, 0) is 19.0 Å². The van der Waals surface area contributed by atoms with E-state index in [4.69, 9.17) is 19.9 Å². The van der Waals surface area contributed by atoms with Crippen LogP contribution in [0.5, 0.6) is 0 Å². The molecule has 1 rings (SSSR count). The van der Waals surface area contributed by atoms with Gasteiger partial charge in [0.1, 0.15) is 0 Å². The van der Waals surface area contributed by atoms with Crippen LogP contribution in [0.3, 0.4) is 0 Å². The lowest BCUT2D eigenvalue weighted by molar-refractivity contribution is -0.124. The fourth-order valence-electron chi connectivity index (χ4n) is 2.37. The molecular weight excluding hydrogens is 248 g/mol. The molecule has 2 atom stereocenters. The zero-order valence-corrected chi connectivity index (χ0v) is 11.9. The maximum absolute atomic E-state index is 11.4. The van der Waals surface area contributed by atoms with E-state index < -0.39 is 5.54 Å². The summed E-state index contributed by atoms with van der Waals surface area (Å²) in [6, 6.07) is 0. The Bertz CT molecular complexity index is 275. The first-order chi connectivity index (χ1) is 9.14. The molecule has 112 valence electrons. The summed E-state index contributed by atoms with van der Waals surface area (Å²) in [5, 5.41) is 3.04. The van der Waals surface area contributed by atoms with Crippen LogP contribution in [0.1, 0.15) is 25.7 Å². The van der Waals surface area contributed by atoms with Gasteiger partial charge in [-0.2, -0.15) is 0 Å². The van der Waals surface area contributed by atoms with Gasteiger partial charge in [0, 0.05) is 26.7 Å². The Balaban J connectivity index is 2.10. The van der Waals surface area contributed by atoms with Crippen LogP contribution in [0.4, 0.5) is 0 Å². The average molecular weight is 274 g/mol. The van der Waals surface area contributed by atoms with Crippen LogP contribution in [0, 0.1) is 0 Å². The van der Waals surface area contributed by atoms with Crippen molar-refractivity contribution in [3.8, 4) is 0 Å². The second-order valence-electron chi connectivity index (χ2n) is 4.89. The highest BCUT2D eigenvalue weighted by atomic mass is 16.5. The summed E-state index contributed by atoms with van der Waals surface area (Å²) in [5.74, 6) is -0.288. The second kappa shape index (κ2) is 8.47. The van der Waals surface area contributed by atoms with Gasteiger partial charge in [0.25, 0.3) is 0 Å². The van der Waals surface area contributed by atoms with Crippen molar-refractivity contribution in [3.05, 3.63) is 0 Å². The summed E-state index contributed by atoms with van der Waals surface area (Å²) >= 11 is 0. The van der Waals surface area contributed by atoms with Gasteiger partial charge < -0.3 is 25.3 Å². The molecule has 0 aromatic heterocycles. The molecule has 1 amide bonds. The summed E-state index contributed by atoms with van der Waals surface area (Å²) < 4.78 is 16.0. The molecule has 0 aliphatic heterocycles. The molecule has 1 aliphatic rings. The number of nitrogens with two attached hydrogens (primary N) is 1. The number of likely N-dealkylation sites (N-methyl/N-ethyl adjacent to an activating group) is 1. The number of carbonyl (C=O) groups excluding carboxylic acids is 1. The Morgan fingerprint density at radius 3 is 2.74 bits per heavy atom. The van der Waals surface area contributed by atoms with E-state index >= 15 is 0 Å². The molecule has 0 heterocycles. The zero-order chi connectivity index (χ0) is 14.1. The Morgan fingerprint density at radius 1 is 1.37 bits per heavy atom. The lowest BCUT2D eigenvalue weighted by Crippen LogP contribution is -2.52. The van der Waals surface area contributed by atoms with Crippen molar-refractivity contribution in [2.45, 2.75) is 37.3 Å². The fraction of sp³-hybridized carbons (Fsp3) is 0.923. The number of rotatable bonds is 10. The number of ether oxygens (including phenoxy) is 3. The van der Waals surface area contributed by atoms with Crippen LogP contribution in [-0.4, -0.2) is 58.1 Å². The normalized spacial score (nSPS) is 26.7. The molecule has 19 heavy (non-hydrogen) atoms. The number of nitrogens with one attached hydrogen (secondary N) is 1. The molecule has 6 heteroatoms. The predicted octanol–water partition coefficient (Wildman–Crippen LogP) is 0.0521. The van der Waals surface area contributed by atoms with E-state index in [0.717, 1.165) is 19.3 Å².